The van der Waals surface area contributed by atoms with Crippen LogP contribution in [0.2, 0.25) is 0 Å². The zero-order chi connectivity index (χ0) is 22.4. The van der Waals surface area contributed by atoms with Crippen LogP contribution in [0.1, 0.15) is 53.9 Å². The second-order valence-electron chi connectivity index (χ2n) is 9.82. The van der Waals surface area contributed by atoms with Crippen molar-refractivity contribution in [3.8, 4) is 0 Å². The number of aryl methyl sites for hydroxylation is 3. The van der Waals surface area contributed by atoms with Crippen LogP contribution < -0.4 is 11.4 Å². The van der Waals surface area contributed by atoms with Crippen LogP contribution in [0.5, 0.6) is 0 Å². The number of carbonyl (C=O) groups excluding carboxylic acids is 2. The number of likely N-dealkylation sites (tertiary alicyclic amines) is 1. The molecule has 2 atom stereocenters. The Kier molecular flexibility index (Phi) is 5.28. The predicted octanol–water partition coefficient (Wildman–Crippen LogP) is 3.10. The van der Waals surface area contributed by atoms with Gasteiger partial charge in [-0.25, -0.2) is 4.79 Å². The maximum atomic E-state index is 13.2. The maximum absolute atomic E-state index is 13.2. The number of nitrogens with two attached hydrogens (primary N) is 1. The molecule has 6 heteroatoms. The molecule has 0 radical (unpaired) electrons. The van der Waals surface area contributed by atoms with Gasteiger partial charge in [-0.1, -0.05) is 44.2 Å². The molecule has 4 rings (SSSR count). The first kappa shape index (κ1) is 21.3. The molecule has 1 saturated carbocycles. The second kappa shape index (κ2) is 7.66. The van der Waals surface area contributed by atoms with Crippen molar-refractivity contribution in [3.63, 3.8) is 0 Å². The lowest BCUT2D eigenvalue weighted by Crippen LogP contribution is -2.59. The Balaban J connectivity index is 1.48. The van der Waals surface area contributed by atoms with Crippen LogP contribution in [-0.2, 0) is 17.6 Å². The number of fused-ring (bicyclic) bond motifs is 1. The molecule has 164 valence electrons. The van der Waals surface area contributed by atoms with Gasteiger partial charge in [0.1, 0.15) is 11.3 Å². The molecule has 1 saturated heterocycles. The Morgan fingerprint density at radius 1 is 1.19 bits per heavy atom. The van der Waals surface area contributed by atoms with Gasteiger partial charge in [-0.3, -0.25) is 9.59 Å². The molecule has 2 amide bonds. The van der Waals surface area contributed by atoms with E-state index >= 15 is 0 Å². The van der Waals surface area contributed by atoms with Gasteiger partial charge in [-0.15, -0.1) is 0 Å². The van der Waals surface area contributed by atoms with E-state index in [4.69, 9.17) is 10.2 Å². The van der Waals surface area contributed by atoms with Crippen LogP contribution in [0.4, 0.5) is 0 Å². The molecule has 2 aliphatic rings. The summed E-state index contributed by atoms with van der Waals surface area (Å²) in [4.78, 5) is 39.7. The molecule has 1 aromatic heterocycles. The molecule has 0 spiro atoms. The van der Waals surface area contributed by atoms with Gasteiger partial charge in [-0.2, -0.15) is 0 Å². The van der Waals surface area contributed by atoms with Gasteiger partial charge < -0.3 is 15.1 Å². The first-order chi connectivity index (χ1) is 14.6. The number of hydrogen-bond acceptors (Lipinski definition) is 4. The average Bonchev–Trinajstić information content (AvgIpc) is 3.04. The molecular weight excluding hydrogens is 392 g/mol. The van der Waals surface area contributed by atoms with Gasteiger partial charge in [0.2, 0.25) is 5.91 Å². The molecule has 2 fully saturated rings. The Hall–Kier alpha value is -2.89. The van der Waals surface area contributed by atoms with Crippen LogP contribution in [0.15, 0.2) is 45.6 Å². The van der Waals surface area contributed by atoms with Crippen molar-refractivity contribution >= 4 is 11.8 Å². The summed E-state index contributed by atoms with van der Waals surface area (Å²) in [6.45, 7) is 6.66. The Bertz CT molecular complexity index is 1070. The van der Waals surface area contributed by atoms with Crippen molar-refractivity contribution in [2.45, 2.75) is 46.5 Å². The zero-order valence-corrected chi connectivity index (χ0v) is 18.4. The standard InChI is InChI=1S/C25H30N2O4/c1-16-12-18(11-7-10-17-8-5-4-6-9-17)31-22(29)20(16)21(28)27-13-19-24(2,3)14-25(19,15-27)23(26)30/h4-6,8-9,12,19H,7,10-11,13-15H2,1-3H3,(H2,26,30)/t19-,25+/m1/s1. The van der Waals surface area contributed by atoms with Crippen molar-refractivity contribution in [3.05, 3.63) is 69.3 Å². The van der Waals surface area contributed by atoms with E-state index in [1.807, 2.05) is 18.2 Å². The summed E-state index contributed by atoms with van der Waals surface area (Å²) in [5.74, 6) is -0.116. The zero-order valence-electron chi connectivity index (χ0n) is 18.4. The Morgan fingerprint density at radius 2 is 1.90 bits per heavy atom. The Labute approximate surface area is 182 Å². The summed E-state index contributed by atoms with van der Waals surface area (Å²) in [6.07, 6.45) is 3.04. The lowest BCUT2D eigenvalue weighted by Gasteiger charge is -2.54. The molecule has 0 bridgehead atoms. The lowest BCUT2D eigenvalue weighted by molar-refractivity contribution is -0.148. The minimum Gasteiger partial charge on any atom is -0.427 e. The third-order valence-electron chi connectivity index (χ3n) is 7.18. The van der Waals surface area contributed by atoms with Crippen molar-refractivity contribution in [2.75, 3.05) is 13.1 Å². The molecule has 0 unspecified atom stereocenters. The number of hydrogen-bond donors (Lipinski definition) is 1. The van der Waals surface area contributed by atoms with Crippen LogP contribution in [-0.4, -0.2) is 29.8 Å². The normalized spacial score (nSPS) is 23.8. The first-order valence-corrected chi connectivity index (χ1v) is 10.9. The third-order valence-corrected chi connectivity index (χ3v) is 7.18. The summed E-state index contributed by atoms with van der Waals surface area (Å²) in [6, 6.07) is 11.9. The number of benzene rings is 1. The summed E-state index contributed by atoms with van der Waals surface area (Å²) in [5, 5.41) is 0. The number of nitrogens with zero attached hydrogens (tertiary/aromatic N) is 1. The van der Waals surface area contributed by atoms with Gasteiger partial charge in [0.05, 0.1) is 5.41 Å². The molecule has 2 N–H and O–H groups in total. The fourth-order valence-electron chi connectivity index (χ4n) is 5.70. The van der Waals surface area contributed by atoms with Gasteiger partial charge in [0.15, 0.2) is 0 Å². The van der Waals surface area contributed by atoms with Crippen LogP contribution >= 0.6 is 0 Å². The smallest absolute Gasteiger partial charge is 0.349 e. The fourth-order valence-corrected chi connectivity index (χ4v) is 5.70. The van der Waals surface area contributed by atoms with Gasteiger partial charge in [-0.05, 0) is 54.7 Å². The van der Waals surface area contributed by atoms with Crippen LogP contribution in [0, 0.1) is 23.7 Å². The van der Waals surface area contributed by atoms with Crippen molar-refractivity contribution in [2.24, 2.45) is 22.5 Å². The highest BCUT2D eigenvalue weighted by Gasteiger charge is 2.66. The van der Waals surface area contributed by atoms with Crippen LogP contribution in [0.25, 0.3) is 0 Å². The Morgan fingerprint density at radius 3 is 2.48 bits per heavy atom. The minimum atomic E-state index is -0.676. The summed E-state index contributed by atoms with van der Waals surface area (Å²) in [7, 11) is 0. The van der Waals surface area contributed by atoms with Gasteiger partial charge >= 0.3 is 5.63 Å². The molecule has 1 aliphatic carbocycles. The topological polar surface area (TPSA) is 93.6 Å². The molecule has 1 aromatic carbocycles. The van der Waals surface area contributed by atoms with E-state index in [2.05, 4.69) is 26.0 Å². The molecule has 31 heavy (non-hydrogen) atoms. The van der Waals surface area contributed by atoms with Crippen molar-refractivity contribution in [1.82, 2.24) is 4.90 Å². The van der Waals surface area contributed by atoms with E-state index in [9.17, 15) is 14.4 Å². The number of carbonyl (C=O) groups is 2. The number of rotatable bonds is 6. The lowest BCUT2D eigenvalue weighted by atomic mass is 9.48. The van der Waals surface area contributed by atoms with E-state index < -0.39 is 11.0 Å². The second-order valence-corrected chi connectivity index (χ2v) is 9.82. The quantitative estimate of drug-likeness (QED) is 0.774. The highest BCUT2D eigenvalue weighted by atomic mass is 16.4. The first-order valence-electron chi connectivity index (χ1n) is 10.9. The summed E-state index contributed by atoms with van der Waals surface area (Å²) >= 11 is 0. The maximum Gasteiger partial charge on any atom is 0.349 e. The van der Waals surface area contributed by atoms with Crippen LogP contribution in [0.3, 0.4) is 0 Å². The van der Waals surface area contributed by atoms with Gasteiger partial charge in [0.25, 0.3) is 5.91 Å². The third kappa shape index (κ3) is 3.68. The molecule has 1 aliphatic heterocycles. The SMILES string of the molecule is Cc1cc(CCCc2ccccc2)oc(=O)c1C(=O)N1C[C@@H]2C(C)(C)C[C@]2(C(N)=O)C1. The highest BCUT2D eigenvalue weighted by Crippen LogP contribution is 2.62. The molecule has 2 heterocycles. The largest absolute Gasteiger partial charge is 0.427 e. The fraction of sp³-hybridized carbons (Fsp3) is 0.480. The molecular formula is C25H30N2O4. The van der Waals surface area contributed by atoms with Crippen molar-refractivity contribution < 1.29 is 14.0 Å². The average molecular weight is 423 g/mol. The van der Waals surface area contributed by atoms with E-state index in [1.165, 1.54) is 5.56 Å². The summed E-state index contributed by atoms with van der Waals surface area (Å²) in [5.41, 5.74) is 6.29. The molecule has 2 aromatic rings. The highest BCUT2D eigenvalue weighted by molar-refractivity contribution is 5.96. The van der Waals surface area contributed by atoms with Crippen molar-refractivity contribution in [1.29, 1.82) is 0 Å². The monoisotopic (exact) mass is 422 g/mol. The number of amides is 2. The van der Waals surface area contributed by atoms with E-state index in [-0.39, 0.29) is 35.3 Å². The number of primary amides is 1. The van der Waals surface area contributed by atoms with E-state index in [0.717, 1.165) is 12.8 Å². The van der Waals surface area contributed by atoms with Gasteiger partial charge in [0, 0.05) is 19.5 Å². The molecule has 6 nitrogen and oxygen atoms in total. The predicted molar refractivity (Wildman–Crippen MR) is 118 cm³/mol. The van der Waals surface area contributed by atoms with E-state index in [1.54, 1.807) is 17.9 Å². The van der Waals surface area contributed by atoms with E-state index in [0.29, 0.717) is 30.7 Å². The summed E-state index contributed by atoms with van der Waals surface area (Å²) < 4.78 is 5.50. The minimum absolute atomic E-state index is 0.0195.